The average Bonchev–Trinajstić information content (AvgIpc) is 2.75. The van der Waals surface area contributed by atoms with Crippen molar-refractivity contribution in [3.05, 3.63) is 47.2 Å². The van der Waals surface area contributed by atoms with Crippen LogP contribution in [0, 0.1) is 5.92 Å². The fraction of sp³-hybridized carbons (Fsp3) is 0.400. The van der Waals surface area contributed by atoms with E-state index in [0.717, 1.165) is 12.1 Å². The van der Waals surface area contributed by atoms with Crippen LogP contribution < -0.4 is 10.2 Å². The molecule has 31 heavy (non-hydrogen) atoms. The molecule has 1 N–H and O–H groups in total. The van der Waals surface area contributed by atoms with Gasteiger partial charge in [0.1, 0.15) is 0 Å². The number of halogens is 4. The molecule has 0 spiro atoms. The average molecular weight is 457 g/mol. The van der Waals surface area contributed by atoms with Crippen LogP contribution in [0.3, 0.4) is 0 Å². The molecule has 1 aliphatic heterocycles. The first-order chi connectivity index (χ1) is 14.6. The molecular formula is C20H20ClF3N4O3. The van der Waals surface area contributed by atoms with Crippen molar-refractivity contribution < 1.29 is 27.5 Å². The van der Waals surface area contributed by atoms with Gasteiger partial charge in [-0.2, -0.15) is 13.2 Å². The molecule has 1 atom stereocenters. The van der Waals surface area contributed by atoms with Gasteiger partial charge in [0.05, 0.1) is 17.2 Å². The van der Waals surface area contributed by atoms with Gasteiger partial charge in [-0.05, 0) is 44.0 Å². The molecule has 0 bridgehead atoms. The Morgan fingerprint density at radius 2 is 1.87 bits per heavy atom. The zero-order valence-corrected chi connectivity index (χ0v) is 17.3. The van der Waals surface area contributed by atoms with Crippen LogP contribution in [0.15, 0.2) is 36.7 Å². The van der Waals surface area contributed by atoms with Crippen molar-refractivity contribution in [3.63, 3.8) is 0 Å². The van der Waals surface area contributed by atoms with Crippen LogP contribution in [0.25, 0.3) is 0 Å². The van der Waals surface area contributed by atoms with Gasteiger partial charge in [0, 0.05) is 30.5 Å². The summed E-state index contributed by atoms with van der Waals surface area (Å²) in [5.74, 6) is -1.28. The van der Waals surface area contributed by atoms with Gasteiger partial charge in [-0.15, -0.1) is 0 Å². The van der Waals surface area contributed by atoms with E-state index in [1.807, 2.05) is 4.90 Å². The molecule has 1 saturated heterocycles. The van der Waals surface area contributed by atoms with Gasteiger partial charge >= 0.3 is 12.1 Å². The highest BCUT2D eigenvalue weighted by Crippen LogP contribution is 2.36. The fourth-order valence-electron chi connectivity index (χ4n) is 3.19. The Labute approximate surface area is 181 Å². The first-order valence-electron chi connectivity index (χ1n) is 9.55. The van der Waals surface area contributed by atoms with E-state index in [2.05, 4.69) is 15.3 Å². The van der Waals surface area contributed by atoms with E-state index < -0.39 is 41.3 Å². The Balaban J connectivity index is 1.55. The second-order valence-electron chi connectivity index (χ2n) is 7.07. The lowest BCUT2D eigenvalue weighted by molar-refractivity contribution is -0.158. The van der Waals surface area contributed by atoms with E-state index in [4.69, 9.17) is 16.3 Å². The highest BCUT2D eigenvalue weighted by molar-refractivity contribution is 6.30. The van der Waals surface area contributed by atoms with Crippen LogP contribution in [0.2, 0.25) is 5.02 Å². The number of nitrogens with zero attached hydrogens (tertiary/aromatic N) is 3. The smallest absolute Gasteiger partial charge is 0.418 e. The number of hydrogen-bond donors (Lipinski definition) is 1. The minimum atomic E-state index is -4.70. The normalized spacial score (nSPS) is 16.0. The monoisotopic (exact) mass is 456 g/mol. The summed E-state index contributed by atoms with van der Waals surface area (Å²) >= 11 is 5.63. The van der Waals surface area contributed by atoms with Gasteiger partial charge in [0.25, 0.3) is 5.91 Å². The van der Waals surface area contributed by atoms with Crippen LogP contribution in [0.5, 0.6) is 0 Å². The zero-order valence-electron chi connectivity index (χ0n) is 16.5. The summed E-state index contributed by atoms with van der Waals surface area (Å²) in [5.41, 5.74) is -1.54. The van der Waals surface area contributed by atoms with Crippen molar-refractivity contribution in [2.24, 2.45) is 5.92 Å². The van der Waals surface area contributed by atoms with Gasteiger partial charge in [0.15, 0.2) is 6.10 Å². The van der Waals surface area contributed by atoms with Crippen molar-refractivity contribution in [3.8, 4) is 0 Å². The van der Waals surface area contributed by atoms with Gasteiger partial charge in [0.2, 0.25) is 5.95 Å². The molecule has 0 aliphatic carbocycles. The lowest BCUT2D eigenvalue weighted by atomic mass is 9.97. The SMILES string of the molecule is CC(OC(=O)C1CCN(c2ncccn2)CC1)C(=O)Nc1ccc(Cl)cc1C(F)(F)F. The van der Waals surface area contributed by atoms with E-state index in [1.165, 1.54) is 13.0 Å². The second kappa shape index (κ2) is 9.51. The Hall–Kier alpha value is -2.88. The number of carbonyl (C=O) groups is 2. The van der Waals surface area contributed by atoms with E-state index >= 15 is 0 Å². The highest BCUT2D eigenvalue weighted by Gasteiger charge is 2.35. The molecule has 1 unspecified atom stereocenters. The minimum absolute atomic E-state index is 0.114. The Bertz CT molecular complexity index is 935. The summed E-state index contributed by atoms with van der Waals surface area (Å²) in [4.78, 5) is 35.0. The highest BCUT2D eigenvalue weighted by atomic mass is 35.5. The third kappa shape index (κ3) is 5.84. The number of benzene rings is 1. The predicted molar refractivity (Wildman–Crippen MR) is 108 cm³/mol. The lowest BCUT2D eigenvalue weighted by Gasteiger charge is -2.31. The standard InChI is InChI=1S/C20H20ClF3N4O3/c1-12(17(29)27-16-4-3-14(21)11-15(16)20(22,23)24)31-18(30)13-5-9-28(10-6-13)19-25-7-2-8-26-19/h2-4,7-8,11-13H,5-6,9-10H2,1H3,(H,27,29). The van der Waals surface area contributed by atoms with E-state index in [1.54, 1.807) is 18.5 Å². The minimum Gasteiger partial charge on any atom is -0.452 e. The molecule has 1 aliphatic rings. The third-order valence-electron chi connectivity index (χ3n) is 4.87. The van der Waals surface area contributed by atoms with Gasteiger partial charge in [-0.1, -0.05) is 11.6 Å². The van der Waals surface area contributed by atoms with Crippen molar-refractivity contribution >= 4 is 35.1 Å². The van der Waals surface area contributed by atoms with Crippen LogP contribution in [0.4, 0.5) is 24.8 Å². The molecule has 3 rings (SSSR count). The summed E-state index contributed by atoms with van der Waals surface area (Å²) in [6, 6.07) is 4.71. The molecule has 11 heteroatoms. The van der Waals surface area contributed by atoms with Crippen molar-refractivity contribution in [1.82, 2.24) is 9.97 Å². The van der Waals surface area contributed by atoms with Gasteiger partial charge in [-0.25, -0.2) is 9.97 Å². The summed E-state index contributed by atoms with van der Waals surface area (Å²) in [7, 11) is 0. The Morgan fingerprint density at radius 1 is 1.23 bits per heavy atom. The number of piperidine rings is 1. The molecule has 7 nitrogen and oxygen atoms in total. The zero-order chi connectivity index (χ0) is 22.6. The van der Waals surface area contributed by atoms with Crippen LogP contribution in [-0.4, -0.2) is 41.0 Å². The molecule has 2 aromatic rings. The molecule has 2 heterocycles. The molecule has 0 radical (unpaired) electrons. The quantitative estimate of drug-likeness (QED) is 0.686. The predicted octanol–water partition coefficient (Wildman–Crippen LogP) is 3.94. The Morgan fingerprint density at radius 3 is 2.48 bits per heavy atom. The first kappa shape index (κ1) is 22.8. The maximum absolute atomic E-state index is 13.2. The fourth-order valence-corrected chi connectivity index (χ4v) is 3.36. The number of nitrogens with one attached hydrogen (secondary N) is 1. The first-order valence-corrected chi connectivity index (χ1v) is 9.93. The number of anilines is 2. The summed E-state index contributed by atoms with van der Waals surface area (Å²) in [6.07, 6.45) is -1.73. The molecule has 1 aromatic carbocycles. The van der Waals surface area contributed by atoms with Gasteiger partial charge < -0.3 is 15.0 Å². The summed E-state index contributed by atoms with van der Waals surface area (Å²) in [5, 5.41) is 2.05. The number of alkyl halides is 3. The molecule has 166 valence electrons. The van der Waals surface area contributed by atoms with Crippen molar-refractivity contribution in [2.75, 3.05) is 23.3 Å². The van der Waals surface area contributed by atoms with Crippen LogP contribution >= 0.6 is 11.6 Å². The topological polar surface area (TPSA) is 84.4 Å². The number of ether oxygens (including phenoxy) is 1. The summed E-state index contributed by atoms with van der Waals surface area (Å²) < 4.78 is 44.7. The molecular weight excluding hydrogens is 437 g/mol. The number of carbonyl (C=O) groups excluding carboxylic acids is 2. The number of amides is 1. The molecule has 1 fully saturated rings. The lowest BCUT2D eigenvalue weighted by Crippen LogP contribution is -2.39. The maximum Gasteiger partial charge on any atom is 0.418 e. The molecule has 1 amide bonds. The van der Waals surface area contributed by atoms with E-state index in [-0.39, 0.29) is 5.02 Å². The van der Waals surface area contributed by atoms with Crippen molar-refractivity contribution in [2.45, 2.75) is 32.0 Å². The number of esters is 1. The van der Waals surface area contributed by atoms with E-state index in [9.17, 15) is 22.8 Å². The number of rotatable bonds is 5. The number of hydrogen-bond acceptors (Lipinski definition) is 6. The van der Waals surface area contributed by atoms with Crippen LogP contribution in [-0.2, 0) is 20.5 Å². The molecule has 1 aromatic heterocycles. The maximum atomic E-state index is 13.2. The number of aromatic nitrogens is 2. The second-order valence-corrected chi connectivity index (χ2v) is 7.50. The third-order valence-corrected chi connectivity index (χ3v) is 5.11. The Kier molecular flexibility index (Phi) is 6.99. The van der Waals surface area contributed by atoms with Gasteiger partial charge in [-0.3, -0.25) is 9.59 Å². The molecule has 0 saturated carbocycles. The van der Waals surface area contributed by atoms with Crippen LogP contribution in [0.1, 0.15) is 25.3 Å². The summed E-state index contributed by atoms with van der Waals surface area (Å²) in [6.45, 7) is 2.40. The van der Waals surface area contributed by atoms with E-state index in [0.29, 0.717) is 31.9 Å². The largest absolute Gasteiger partial charge is 0.452 e. The van der Waals surface area contributed by atoms with Crippen molar-refractivity contribution in [1.29, 1.82) is 0 Å².